The molecular formula is C12H13BrN2O2. The van der Waals surface area contributed by atoms with E-state index in [4.69, 9.17) is 4.52 Å². The van der Waals surface area contributed by atoms with Crippen LogP contribution in [-0.2, 0) is 6.42 Å². The van der Waals surface area contributed by atoms with Gasteiger partial charge in [-0.2, -0.15) is 4.98 Å². The Morgan fingerprint density at radius 2 is 2.24 bits per heavy atom. The number of hydrogen-bond donors (Lipinski definition) is 1. The van der Waals surface area contributed by atoms with E-state index in [-0.39, 0.29) is 0 Å². The predicted molar refractivity (Wildman–Crippen MR) is 67.6 cm³/mol. The first kappa shape index (κ1) is 12.3. The molecule has 0 spiro atoms. The Labute approximate surface area is 108 Å². The molecule has 0 bridgehead atoms. The van der Waals surface area contributed by atoms with E-state index >= 15 is 0 Å². The van der Waals surface area contributed by atoms with Crippen LogP contribution in [0.5, 0.6) is 0 Å². The summed E-state index contributed by atoms with van der Waals surface area (Å²) >= 11 is 3.41. The predicted octanol–water partition coefficient (Wildman–Crippen LogP) is 2.73. The van der Waals surface area contributed by atoms with Gasteiger partial charge in [0.05, 0.1) is 12.5 Å². The molecule has 0 aliphatic carbocycles. The standard InChI is InChI=1S/C12H13BrN2O2/c1-7-5-9(13)3-4-10(7)12-14-11(17-15-12)6-8(2)16/h3-5,8,16H,6H2,1-2H3. The van der Waals surface area contributed by atoms with Gasteiger partial charge < -0.3 is 9.63 Å². The van der Waals surface area contributed by atoms with Crippen molar-refractivity contribution < 1.29 is 9.63 Å². The van der Waals surface area contributed by atoms with Crippen LogP contribution in [0.3, 0.4) is 0 Å². The summed E-state index contributed by atoms with van der Waals surface area (Å²) in [6, 6.07) is 5.88. The van der Waals surface area contributed by atoms with Gasteiger partial charge in [-0.1, -0.05) is 21.1 Å². The van der Waals surface area contributed by atoms with Crippen molar-refractivity contribution in [3.63, 3.8) is 0 Å². The molecule has 1 aromatic heterocycles. The van der Waals surface area contributed by atoms with Gasteiger partial charge in [0, 0.05) is 10.0 Å². The fourth-order valence-electron chi connectivity index (χ4n) is 1.58. The second kappa shape index (κ2) is 4.98. The van der Waals surface area contributed by atoms with Gasteiger partial charge in [-0.3, -0.25) is 0 Å². The Morgan fingerprint density at radius 1 is 1.47 bits per heavy atom. The number of hydrogen-bond acceptors (Lipinski definition) is 4. The van der Waals surface area contributed by atoms with Gasteiger partial charge in [0.25, 0.3) is 0 Å². The molecule has 1 heterocycles. The Hall–Kier alpha value is -1.20. The third kappa shape index (κ3) is 2.92. The van der Waals surface area contributed by atoms with Gasteiger partial charge in [-0.05, 0) is 37.6 Å². The van der Waals surface area contributed by atoms with Crippen molar-refractivity contribution in [2.24, 2.45) is 0 Å². The molecule has 0 radical (unpaired) electrons. The van der Waals surface area contributed by atoms with E-state index in [1.165, 1.54) is 0 Å². The highest BCUT2D eigenvalue weighted by Crippen LogP contribution is 2.23. The fraction of sp³-hybridized carbons (Fsp3) is 0.333. The summed E-state index contributed by atoms with van der Waals surface area (Å²) in [4.78, 5) is 4.26. The Bertz CT molecular complexity index is 523. The third-order valence-electron chi connectivity index (χ3n) is 2.37. The number of aliphatic hydroxyl groups is 1. The first-order valence-corrected chi connectivity index (χ1v) is 6.12. The average Bonchev–Trinajstić information content (AvgIpc) is 2.65. The second-order valence-electron chi connectivity index (χ2n) is 4.02. The first-order valence-electron chi connectivity index (χ1n) is 5.33. The molecule has 90 valence electrons. The largest absolute Gasteiger partial charge is 0.393 e. The number of aryl methyl sites for hydroxylation is 1. The van der Waals surface area contributed by atoms with Crippen LogP contribution in [0, 0.1) is 6.92 Å². The zero-order valence-electron chi connectivity index (χ0n) is 9.64. The lowest BCUT2D eigenvalue weighted by Gasteiger charge is -2.00. The number of benzene rings is 1. The van der Waals surface area contributed by atoms with Crippen LogP contribution in [0.4, 0.5) is 0 Å². The maximum absolute atomic E-state index is 9.24. The molecule has 0 aliphatic rings. The van der Waals surface area contributed by atoms with Crippen molar-refractivity contribution in [2.45, 2.75) is 26.4 Å². The van der Waals surface area contributed by atoms with Crippen LogP contribution >= 0.6 is 15.9 Å². The van der Waals surface area contributed by atoms with Crippen LogP contribution in [0.15, 0.2) is 27.2 Å². The summed E-state index contributed by atoms with van der Waals surface area (Å²) in [6.07, 6.45) is -0.0999. The van der Waals surface area contributed by atoms with E-state index in [2.05, 4.69) is 26.1 Å². The number of aromatic nitrogens is 2. The summed E-state index contributed by atoms with van der Waals surface area (Å²) in [7, 11) is 0. The Balaban J connectivity index is 2.30. The lowest BCUT2D eigenvalue weighted by Crippen LogP contribution is -2.04. The smallest absolute Gasteiger partial charge is 0.229 e. The molecule has 2 rings (SSSR count). The first-order chi connectivity index (χ1) is 8.06. The molecule has 0 aliphatic heterocycles. The molecule has 2 aromatic rings. The topological polar surface area (TPSA) is 59.2 Å². The van der Waals surface area contributed by atoms with Crippen LogP contribution < -0.4 is 0 Å². The van der Waals surface area contributed by atoms with Crippen molar-refractivity contribution >= 4 is 15.9 Å². The van der Waals surface area contributed by atoms with E-state index < -0.39 is 6.10 Å². The molecule has 0 saturated carbocycles. The molecule has 0 saturated heterocycles. The van der Waals surface area contributed by atoms with Gasteiger partial charge in [-0.25, -0.2) is 0 Å². The van der Waals surface area contributed by atoms with Gasteiger partial charge in [0.1, 0.15) is 0 Å². The number of halogens is 1. The highest BCUT2D eigenvalue weighted by atomic mass is 79.9. The monoisotopic (exact) mass is 296 g/mol. The summed E-state index contributed by atoms with van der Waals surface area (Å²) in [5.74, 6) is 1.02. The Morgan fingerprint density at radius 3 is 2.88 bits per heavy atom. The number of rotatable bonds is 3. The van der Waals surface area contributed by atoms with E-state index in [1.54, 1.807) is 6.92 Å². The lowest BCUT2D eigenvalue weighted by molar-refractivity contribution is 0.181. The highest BCUT2D eigenvalue weighted by molar-refractivity contribution is 9.10. The molecular weight excluding hydrogens is 284 g/mol. The molecule has 0 fully saturated rings. The van der Waals surface area contributed by atoms with E-state index in [0.29, 0.717) is 18.1 Å². The molecule has 1 N–H and O–H groups in total. The van der Waals surface area contributed by atoms with Crippen LogP contribution in [0.1, 0.15) is 18.4 Å². The zero-order chi connectivity index (χ0) is 12.4. The number of nitrogens with zero attached hydrogens (tertiary/aromatic N) is 2. The summed E-state index contributed by atoms with van der Waals surface area (Å²) < 4.78 is 6.10. The van der Waals surface area contributed by atoms with Crippen LogP contribution in [0.2, 0.25) is 0 Å². The molecule has 1 unspecified atom stereocenters. The third-order valence-corrected chi connectivity index (χ3v) is 2.86. The van der Waals surface area contributed by atoms with Crippen molar-refractivity contribution in [3.8, 4) is 11.4 Å². The normalized spacial score (nSPS) is 12.7. The van der Waals surface area contributed by atoms with Crippen molar-refractivity contribution in [1.82, 2.24) is 10.1 Å². The van der Waals surface area contributed by atoms with Gasteiger partial charge in [-0.15, -0.1) is 0 Å². The summed E-state index contributed by atoms with van der Waals surface area (Å²) in [5, 5.41) is 13.2. The summed E-state index contributed by atoms with van der Waals surface area (Å²) in [6.45, 7) is 3.68. The van der Waals surface area contributed by atoms with E-state index in [0.717, 1.165) is 15.6 Å². The zero-order valence-corrected chi connectivity index (χ0v) is 11.2. The van der Waals surface area contributed by atoms with Crippen molar-refractivity contribution in [3.05, 3.63) is 34.1 Å². The van der Waals surface area contributed by atoms with Gasteiger partial charge in [0.15, 0.2) is 0 Å². The van der Waals surface area contributed by atoms with Gasteiger partial charge in [0.2, 0.25) is 11.7 Å². The Kier molecular flexibility index (Phi) is 3.59. The lowest BCUT2D eigenvalue weighted by atomic mass is 10.1. The van der Waals surface area contributed by atoms with Crippen molar-refractivity contribution in [1.29, 1.82) is 0 Å². The van der Waals surface area contributed by atoms with E-state index in [1.807, 2.05) is 25.1 Å². The minimum Gasteiger partial charge on any atom is -0.393 e. The average molecular weight is 297 g/mol. The minimum absolute atomic E-state index is 0.378. The van der Waals surface area contributed by atoms with Crippen molar-refractivity contribution in [2.75, 3.05) is 0 Å². The molecule has 1 aromatic carbocycles. The van der Waals surface area contributed by atoms with E-state index in [9.17, 15) is 5.11 Å². The molecule has 17 heavy (non-hydrogen) atoms. The molecule has 4 nitrogen and oxygen atoms in total. The van der Waals surface area contributed by atoms with Gasteiger partial charge >= 0.3 is 0 Å². The molecule has 5 heteroatoms. The SMILES string of the molecule is Cc1cc(Br)ccc1-c1noc(CC(C)O)n1. The maximum Gasteiger partial charge on any atom is 0.229 e. The second-order valence-corrected chi connectivity index (χ2v) is 4.94. The molecule has 1 atom stereocenters. The molecule has 0 amide bonds. The van der Waals surface area contributed by atoms with Crippen LogP contribution in [-0.4, -0.2) is 21.4 Å². The number of aliphatic hydroxyl groups excluding tert-OH is 1. The maximum atomic E-state index is 9.24. The van der Waals surface area contributed by atoms with Crippen LogP contribution in [0.25, 0.3) is 11.4 Å². The fourth-order valence-corrected chi connectivity index (χ4v) is 2.05. The highest BCUT2D eigenvalue weighted by Gasteiger charge is 2.12. The summed E-state index contributed by atoms with van der Waals surface area (Å²) in [5.41, 5.74) is 2.01. The minimum atomic E-state index is -0.477. The quantitative estimate of drug-likeness (QED) is 0.946.